The third-order valence-electron chi connectivity index (χ3n) is 4.57. The van der Waals surface area contributed by atoms with Gasteiger partial charge in [-0.3, -0.25) is 23.5 Å². The first-order valence-corrected chi connectivity index (χ1v) is 9.96. The Morgan fingerprint density at radius 2 is 1.90 bits per heavy atom. The summed E-state index contributed by atoms with van der Waals surface area (Å²) in [6, 6.07) is 9.76. The van der Waals surface area contributed by atoms with Gasteiger partial charge < -0.3 is 10.1 Å². The summed E-state index contributed by atoms with van der Waals surface area (Å²) in [5, 5.41) is 5.02. The number of hydrogen-bond acceptors (Lipinski definition) is 6. The van der Waals surface area contributed by atoms with Crippen molar-refractivity contribution in [1.29, 1.82) is 0 Å². The maximum Gasteiger partial charge on any atom is 0.331 e. The van der Waals surface area contributed by atoms with E-state index in [2.05, 4.69) is 5.32 Å². The number of thiophene rings is 1. The molecule has 2 aromatic heterocycles. The van der Waals surface area contributed by atoms with Gasteiger partial charge in [0.1, 0.15) is 6.54 Å². The number of fused-ring (bicyclic) bond motifs is 1. The molecular weight excluding hydrogens is 394 g/mol. The molecular formula is C20H21N3O5S. The van der Waals surface area contributed by atoms with Crippen molar-refractivity contribution in [2.45, 2.75) is 32.5 Å². The third-order valence-corrected chi connectivity index (χ3v) is 5.56. The monoisotopic (exact) mass is 415 g/mol. The normalized spacial score (nSPS) is 11.9. The van der Waals surface area contributed by atoms with Crippen LogP contribution >= 0.6 is 11.3 Å². The molecule has 0 saturated heterocycles. The number of carbonyl (C=O) groups is 2. The van der Waals surface area contributed by atoms with E-state index < -0.39 is 23.6 Å². The van der Waals surface area contributed by atoms with Crippen LogP contribution in [0.3, 0.4) is 0 Å². The first-order chi connectivity index (χ1) is 14.0. The van der Waals surface area contributed by atoms with Crippen molar-refractivity contribution >= 4 is 34.1 Å². The zero-order valence-corrected chi connectivity index (χ0v) is 16.9. The molecule has 0 aliphatic carbocycles. The third kappa shape index (κ3) is 4.29. The van der Waals surface area contributed by atoms with Crippen LogP contribution in [0.2, 0.25) is 0 Å². The van der Waals surface area contributed by atoms with Crippen molar-refractivity contribution in [3.8, 4) is 0 Å². The number of nitrogens with zero attached hydrogens (tertiary/aromatic N) is 2. The van der Waals surface area contributed by atoms with Gasteiger partial charge in [-0.25, -0.2) is 4.79 Å². The van der Waals surface area contributed by atoms with Gasteiger partial charge >= 0.3 is 11.7 Å². The first-order valence-electron chi connectivity index (χ1n) is 9.08. The van der Waals surface area contributed by atoms with E-state index in [-0.39, 0.29) is 25.1 Å². The SMILES string of the molecule is CCn1c(=O)c2ccccc2n(CC(=O)NC(CC(=O)OC)c2cccs2)c1=O. The highest BCUT2D eigenvalue weighted by molar-refractivity contribution is 7.10. The Kier molecular flexibility index (Phi) is 6.28. The lowest BCUT2D eigenvalue weighted by atomic mass is 10.1. The average molecular weight is 415 g/mol. The fourth-order valence-electron chi connectivity index (χ4n) is 3.15. The highest BCUT2D eigenvalue weighted by Gasteiger charge is 2.21. The smallest absolute Gasteiger partial charge is 0.331 e. The quantitative estimate of drug-likeness (QED) is 0.592. The minimum absolute atomic E-state index is 0.0210. The summed E-state index contributed by atoms with van der Waals surface area (Å²) in [5.41, 5.74) is -0.540. The number of nitrogens with one attached hydrogen (secondary N) is 1. The van der Waals surface area contributed by atoms with Crippen molar-refractivity contribution < 1.29 is 14.3 Å². The Morgan fingerprint density at radius 1 is 1.14 bits per heavy atom. The fourth-order valence-corrected chi connectivity index (χ4v) is 3.93. The van der Waals surface area contributed by atoms with Crippen molar-refractivity contribution in [2.75, 3.05) is 7.11 Å². The molecule has 0 radical (unpaired) electrons. The molecule has 2 heterocycles. The van der Waals surface area contributed by atoms with Crippen LogP contribution in [0.25, 0.3) is 10.9 Å². The number of benzene rings is 1. The second-order valence-electron chi connectivity index (χ2n) is 6.35. The topological polar surface area (TPSA) is 99.4 Å². The van der Waals surface area contributed by atoms with E-state index in [1.165, 1.54) is 23.0 Å². The Bertz CT molecular complexity index is 1150. The van der Waals surface area contributed by atoms with Gasteiger partial charge in [0.05, 0.1) is 30.5 Å². The molecule has 0 aliphatic rings. The lowest BCUT2D eigenvalue weighted by Gasteiger charge is -2.18. The van der Waals surface area contributed by atoms with Gasteiger partial charge in [0.15, 0.2) is 0 Å². The molecule has 29 heavy (non-hydrogen) atoms. The number of esters is 1. The van der Waals surface area contributed by atoms with E-state index in [0.29, 0.717) is 10.9 Å². The molecule has 0 aliphatic heterocycles. The van der Waals surface area contributed by atoms with Crippen molar-refractivity contribution in [1.82, 2.24) is 14.5 Å². The fraction of sp³-hybridized carbons (Fsp3) is 0.300. The number of rotatable bonds is 7. The maximum absolute atomic E-state index is 12.8. The zero-order chi connectivity index (χ0) is 21.0. The minimum atomic E-state index is -0.561. The summed E-state index contributed by atoms with van der Waals surface area (Å²) in [4.78, 5) is 50.6. The number of amides is 1. The van der Waals surface area contributed by atoms with Crippen molar-refractivity contribution in [2.24, 2.45) is 0 Å². The first kappa shape index (κ1) is 20.5. The van der Waals surface area contributed by atoms with E-state index in [1.807, 2.05) is 17.5 Å². The molecule has 1 amide bonds. The molecule has 1 unspecified atom stereocenters. The molecule has 0 fully saturated rings. The second kappa shape index (κ2) is 8.87. The Labute approximate surface area is 170 Å². The van der Waals surface area contributed by atoms with Gasteiger partial charge in [0, 0.05) is 11.4 Å². The zero-order valence-electron chi connectivity index (χ0n) is 16.1. The number of carbonyl (C=O) groups excluding carboxylic acids is 2. The summed E-state index contributed by atoms with van der Waals surface area (Å²) in [6.45, 7) is 1.62. The van der Waals surface area contributed by atoms with Gasteiger partial charge in [0.2, 0.25) is 5.91 Å². The number of hydrogen-bond donors (Lipinski definition) is 1. The molecule has 1 N–H and O–H groups in total. The van der Waals surface area contributed by atoms with Crippen LogP contribution in [0.15, 0.2) is 51.4 Å². The van der Waals surface area contributed by atoms with Crippen LogP contribution in [0.1, 0.15) is 24.3 Å². The highest BCUT2D eigenvalue weighted by atomic mass is 32.1. The summed E-state index contributed by atoms with van der Waals surface area (Å²) in [5.74, 6) is -0.897. The molecule has 9 heteroatoms. The van der Waals surface area contributed by atoms with Crippen LogP contribution in [0, 0.1) is 0 Å². The summed E-state index contributed by atoms with van der Waals surface area (Å²) in [7, 11) is 1.29. The van der Waals surface area contributed by atoms with Gasteiger partial charge in [-0.2, -0.15) is 0 Å². The summed E-state index contributed by atoms with van der Waals surface area (Å²) in [6.07, 6.45) is -0.0210. The van der Waals surface area contributed by atoms with Crippen LogP contribution in [0.4, 0.5) is 0 Å². The lowest BCUT2D eigenvalue weighted by molar-refractivity contribution is -0.141. The standard InChI is InChI=1S/C20H21N3O5S/c1-3-22-19(26)13-7-4-5-8-15(13)23(20(22)27)12-17(24)21-14(11-18(25)28-2)16-9-6-10-29-16/h4-10,14H,3,11-12H2,1-2H3,(H,21,24). The van der Waals surface area contributed by atoms with Crippen LogP contribution in [-0.2, 0) is 27.4 Å². The molecule has 8 nitrogen and oxygen atoms in total. The minimum Gasteiger partial charge on any atom is -0.469 e. The molecule has 3 rings (SSSR count). The predicted octanol–water partition coefficient (Wildman–Crippen LogP) is 1.67. The van der Waals surface area contributed by atoms with Crippen molar-refractivity contribution in [3.63, 3.8) is 0 Å². The van der Waals surface area contributed by atoms with Crippen LogP contribution in [0.5, 0.6) is 0 Å². The van der Waals surface area contributed by atoms with Gasteiger partial charge in [0.25, 0.3) is 5.56 Å². The Morgan fingerprint density at radius 3 is 2.55 bits per heavy atom. The van der Waals surface area contributed by atoms with E-state index >= 15 is 0 Å². The largest absolute Gasteiger partial charge is 0.469 e. The lowest BCUT2D eigenvalue weighted by Crippen LogP contribution is -2.42. The molecule has 3 aromatic rings. The predicted molar refractivity (Wildman–Crippen MR) is 110 cm³/mol. The average Bonchev–Trinajstić information content (AvgIpc) is 3.26. The number of ether oxygens (including phenoxy) is 1. The van der Waals surface area contributed by atoms with E-state index in [0.717, 1.165) is 9.44 Å². The molecule has 0 spiro atoms. The number of para-hydroxylation sites is 1. The molecule has 1 atom stereocenters. The molecule has 0 saturated carbocycles. The van der Waals surface area contributed by atoms with Gasteiger partial charge in [-0.15, -0.1) is 11.3 Å². The number of methoxy groups -OCH3 is 1. The highest BCUT2D eigenvalue weighted by Crippen LogP contribution is 2.22. The van der Waals surface area contributed by atoms with Crippen LogP contribution < -0.4 is 16.6 Å². The Balaban J connectivity index is 1.94. The molecule has 152 valence electrons. The van der Waals surface area contributed by atoms with Crippen molar-refractivity contribution in [3.05, 3.63) is 67.5 Å². The van der Waals surface area contributed by atoms with E-state index in [9.17, 15) is 19.2 Å². The molecule has 1 aromatic carbocycles. The summed E-state index contributed by atoms with van der Waals surface area (Å²) >= 11 is 1.41. The maximum atomic E-state index is 12.8. The number of aromatic nitrogens is 2. The van der Waals surface area contributed by atoms with Crippen LogP contribution in [-0.4, -0.2) is 28.1 Å². The van der Waals surface area contributed by atoms with E-state index in [4.69, 9.17) is 4.74 Å². The van der Waals surface area contributed by atoms with Gasteiger partial charge in [-0.1, -0.05) is 18.2 Å². The summed E-state index contributed by atoms with van der Waals surface area (Å²) < 4.78 is 7.09. The van der Waals surface area contributed by atoms with Gasteiger partial charge in [-0.05, 0) is 30.5 Å². The van der Waals surface area contributed by atoms with E-state index in [1.54, 1.807) is 31.2 Å². The molecule has 0 bridgehead atoms. The Hall–Kier alpha value is -3.20. The second-order valence-corrected chi connectivity index (χ2v) is 7.33.